The SMILES string of the molecule is CS(=O)(=O)c1ccc(/C(=C/c2cccc(-c3cc(C4CC4)cc4cccnc34)c2)c2nccs2)cc1. The summed E-state index contributed by atoms with van der Waals surface area (Å²) in [6.45, 7) is 0. The minimum absolute atomic E-state index is 0.307. The van der Waals surface area contributed by atoms with E-state index in [1.165, 1.54) is 30.0 Å². The zero-order valence-electron chi connectivity index (χ0n) is 19.8. The fourth-order valence-electron chi connectivity index (χ4n) is 4.56. The van der Waals surface area contributed by atoms with E-state index in [4.69, 9.17) is 4.98 Å². The van der Waals surface area contributed by atoms with E-state index in [-0.39, 0.29) is 0 Å². The van der Waals surface area contributed by atoms with Crippen LogP contribution < -0.4 is 0 Å². The Labute approximate surface area is 214 Å². The van der Waals surface area contributed by atoms with Gasteiger partial charge >= 0.3 is 0 Å². The first-order valence-electron chi connectivity index (χ1n) is 11.9. The lowest BCUT2D eigenvalue weighted by atomic mass is 9.95. The average Bonchev–Trinajstić information content (AvgIpc) is 3.61. The molecule has 0 radical (unpaired) electrons. The summed E-state index contributed by atoms with van der Waals surface area (Å²) in [6, 6.07) is 24.2. The predicted octanol–water partition coefficient (Wildman–Crippen LogP) is 7.23. The molecule has 2 aromatic heterocycles. The number of thiazole rings is 1. The van der Waals surface area contributed by atoms with Crippen LogP contribution in [0.1, 0.15) is 40.5 Å². The number of hydrogen-bond acceptors (Lipinski definition) is 5. The fraction of sp³-hybridized carbons (Fsp3) is 0.133. The van der Waals surface area contributed by atoms with E-state index in [0.29, 0.717) is 10.8 Å². The largest absolute Gasteiger partial charge is 0.256 e. The second kappa shape index (κ2) is 9.12. The van der Waals surface area contributed by atoms with Crippen LogP contribution in [0.4, 0.5) is 0 Å². The highest BCUT2D eigenvalue weighted by Gasteiger charge is 2.25. The van der Waals surface area contributed by atoms with Crippen molar-refractivity contribution in [3.63, 3.8) is 0 Å². The highest BCUT2D eigenvalue weighted by atomic mass is 32.2. The molecule has 3 aromatic carbocycles. The number of aromatic nitrogens is 2. The number of nitrogens with zero attached hydrogens (tertiary/aromatic N) is 2. The van der Waals surface area contributed by atoms with Crippen LogP contribution in [0.2, 0.25) is 0 Å². The fourth-order valence-corrected chi connectivity index (χ4v) is 5.86. The lowest BCUT2D eigenvalue weighted by Gasteiger charge is -2.11. The Morgan fingerprint density at radius 3 is 2.50 bits per heavy atom. The number of fused-ring (bicyclic) bond motifs is 1. The second-order valence-corrected chi connectivity index (χ2v) is 12.1. The number of sulfone groups is 1. The molecule has 1 aliphatic carbocycles. The van der Waals surface area contributed by atoms with Gasteiger partial charge < -0.3 is 0 Å². The summed E-state index contributed by atoms with van der Waals surface area (Å²) in [7, 11) is -3.26. The van der Waals surface area contributed by atoms with Crippen LogP contribution in [0.15, 0.2) is 95.5 Å². The molecule has 6 heteroatoms. The molecule has 1 aliphatic rings. The minimum Gasteiger partial charge on any atom is -0.256 e. The van der Waals surface area contributed by atoms with Crippen molar-refractivity contribution in [2.75, 3.05) is 6.26 Å². The van der Waals surface area contributed by atoms with Gasteiger partial charge in [0.1, 0.15) is 5.01 Å². The van der Waals surface area contributed by atoms with Gasteiger partial charge in [-0.15, -0.1) is 11.3 Å². The van der Waals surface area contributed by atoms with Crippen LogP contribution in [0.3, 0.4) is 0 Å². The zero-order valence-corrected chi connectivity index (χ0v) is 21.4. The Kier molecular flexibility index (Phi) is 5.78. The van der Waals surface area contributed by atoms with E-state index >= 15 is 0 Å². The van der Waals surface area contributed by atoms with E-state index < -0.39 is 9.84 Å². The maximum atomic E-state index is 11.9. The summed E-state index contributed by atoms with van der Waals surface area (Å²) in [5.74, 6) is 0.655. The van der Waals surface area contributed by atoms with Crippen molar-refractivity contribution >= 4 is 43.7 Å². The first kappa shape index (κ1) is 22.8. The Morgan fingerprint density at radius 1 is 0.944 bits per heavy atom. The summed E-state index contributed by atoms with van der Waals surface area (Å²) in [4.78, 5) is 9.56. The summed E-state index contributed by atoms with van der Waals surface area (Å²) >= 11 is 1.56. The Balaban J connectivity index is 1.46. The van der Waals surface area contributed by atoms with Crippen molar-refractivity contribution in [1.29, 1.82) is 0 Å². The van der Waals surface area contributed by atoms with Gasteiger partial charge in [0.15, 0.2) is 9.84 Å². The van der Waals surface area contributed by atoms with Crippen LogP contribution in [-0.4, -0.2) is 24.6 Å². The lowest BCUT2D eigenvalue weighted by molar-refractivity contribution is 0.602. The van der Waals surface area contributed by atoms with Gasteiger partial charge in [0.25, 0.3) is 0 Å². The monoisotopic (exact) mass is 508 g/mol. The molecule has 0 saturated heterocycles. The quantitative estimate of drug-likeness (QED) is 0.227. The number of hydrogen-bond donors (Lipinski definition) is 0. The summed E-state index contributed by atoms with van der Waals surface area (Å²) in [5, 5.41) is 4.01. The first-order valence-corrected chi connectivity index (χ1v) is 14.6. The van der Waals surface area contributed by atoms with E-state index in [1.807, 2.05) is 29.8 Å². The molecule has 36 heavy (non-hydrogen) atoms. The maximum absolute atomic E-state index is 11.9. The van der Waals surface area contributed by atoms with Crippen molar-refractivity contribution < 1.29 is 8.42 Å². The molecule has 2 heterocycles. The van der Waals surface area contributed by atoms with E-state index in [2.05, 4.69) is 53.5 Å². The molecule has 0 spiro atoms. The Hall–Kier alpha value is -3.61. The Bertz CT molecular complexity index is 1700. The highest BCUT2D eigenvalue weighted by Crippen LogP contribution is 2.43. The first-order chi connectivity index (χ1) is 17.5. The average molecular weight is 509 g/mol. The van der Waals surface area contributed by atoms with Crippen LogP contribution in [0.25, 0.3) is 33.7 Å². The van der Waals surface area contributed by atoms with E-state index in [9.17, 15) is 8.42 Å². The molecule has 5 aromatic rings. The maximum Gasteiger partial charge on any atom is 0.175 e. The predicted molar refractivity (Wildman–Crippen MR) is 148 cm³/mol. The van der Waals surface area contributed by atoms with Crippen LogP contribution in [0.5, 0.6) is 0 Å². The molecule has 1 saturated carbocycles. The molecule has 1 fully saturated rings. The van der Waals surface area contributed by atoms with E-state index in [0.717, 1.165) is 38.4 Å². The number of pyridine rings is 1. The number of benzene rings is 3. The topological polar surface area (TPSA) is 59.9 Å². The third kappa shape index (κ3) is 4.62. The molecule has 0 amide bonds. The molecule has 0 atom stereocenters. The summed E-state index contributed by atoms with van der Waals surface area (Å²) in [5.41, 5.74) is 7.60. The van der Waals surface area contributed by atoms with Gasteiger partial charge in [-0.25, -0.2) is 13.4 Å². The van der Waals surface area contributed by atoms with Gasteiger partial charge in [0, 0.05) is 40.6 Å². The van der Waals surface area contributed by atoms with Crippen molar-refractivity contribution in [1.82, 2.24) is 9.97 Å². The molecular formula is C30H24N2O2S2. The van der Waals surface area contributed by atoms with Gasteiger partial charge in [-0.2, -0.15) is 0 Å². The van der Waals surface area contributed by atoms with Gasteiger partial charge in [0.2, 0.25) is 0 Å². The molecule has 0 aliphatic heterocycles. The molecule has 6 rings (SSSR count). The lowest BCUT2D eigenvalue weighted by Crippen LogP contribution is -1.97. The van der Waals surface area contributed by atoms with Crippen LogP contribution in [0, 0.1) is 0 Å². The molecule has 0 N–H and O–H groups in total. The standard InChI is InChI=1S/C30H24N2O2S2/c1-36(33,34)26-11-9-22(10-12-26)28(30-32-14-15-35-30)17-20-4-2-5-23(16-20)27-19-25(21-7-8-21)18-24-6-3-13-31-29(24)27/h2-6,9-19,21H,7-8H2,1H3/b28-17-. The second-order valence-electron chi connectivity index (χ2n) is 9.24. The summed E-state index contributed by atoms with van der Waals surface area (Å²) in [6.07, 6.45) is 9.50. The number of rotatable bonds is 6. The molecule has 4 nitrogen and oxygen atoms in total. The zero-order chi connectivity index (χ0) is 24.7. The van der Waals surface area contributed by atoms with Crippen LogP contribution >= 0.6 is 11.3 Å². The van der Waals surface area contributed by atoms with Crippen molar-refractivity contribution in [3.05, 3.63) is 112 Å². The van der Waals surface area contributed by atoms with Gasteiger partial charge in [-0.3, -0.25) is 4.98 Å². The van der Waals surface area contributed by atoms with Crippen molar-refractivity contribution in [2.45, 2.75) is 23.7 Å². The third-order valence-electron chi connectivity index (χ3n) is 6.54. The smallest absolute Gasteiger partial charge is 0.175 e. The molecule has 0 bridgehead atoms. The van der Waals surface area contributed by atoms with E-state index in [1.54, 1.807) is 29.7 Å². The minimum atomic E-state index is -3.26. The van der Waals surface area contributed by atoms with Gasteiger partial charge in [0.05, 0.1) is 10.4 Å². The highest BCUT2D eigenvalue weighted by molar-refractivity contribution is 7.90. The molecule has 178 valence electrons. The molecule has 0 unspecified atom stereocenters. The van der Waals surface area contributed by atoms with Crippen LogP contribution in [-0.2, 0) is 9.84 Å². The Morgan fingerprint density at radius 2 is 1.78 bits per heavy atom. The van der Waals surface area contributed by atoms with Crippen molar-refractivity contribution in [2.24, 2.45) is 0 Å². The van der Waals surface area contributed by atoms with Crippen molar-refractivity contribution in [3.8, 4) is 11.1 Å². The molecular weight excluding hydrogens is 484 g/mol. The van der Waals surface area contributed by atoms with Gasteiger partial charge in [-0.1, -0.05) is 36.4 Å². The normalized spacial score (nSPS) is 14.3. The summed E-state index contributed by atoms with van der Waals surface area (Å²) < 4.78 is 23.9. The van der Waals surface area contributed by atoms with Gasteiger partial charge in [-0.05, 0) is 83.5 Å². The third-order valence-corrected chi connectivity index (χ3v) is 8.48.